The van der Waals surface area contributed by atoms with E-state index >= 15 is 0 Å². The number of carbonyl (C=O) groups excluding carboxylic acids is 1. The minimum Gasteiger partial charge on any atom is -0.459 e. The van der Waals surface area contributed by atoms with Crippen LogP contribution in [0.2, 0.25) is 5.02 Å². The molecule has 0 atom stereocenters. The first kappa shape index (κ1) is 18.7. The lowest BCUT2D eigenvalue weighted by Gasteiger charge is -2.12. The van der Waals surface area contributed by atoms with Gasteiger partial charge in [0.05, 0.1) is 22.4 Å². The topological polar surface area (TPSA) is 50.4 Å². The molecule has 0 saturated carbocycles. The van der Waals surface area contributed by atoms with Crippen molar-refractivity contribution in [3.63, 3.8) is 0 Å². The van der Waals surface area contributed by atoms with Gasteiger partial charge in [-0.2, -0.15) is 0 Å². The lowest BCUT2D eigenvalue weighted by molar-refractivity contribution is 0.0378. The molecule has 126 valence electrons. The second-order valence-electron chi connectivity index (χ2n) is 5.23. The van der Waals surface area contributed by atoms with Crippen molar-refractivity contribution < 1.29 is 9.53 Å². The van der Waals surface area contributed by atoms with Gasteiger partial charge in [0.1, 0.15) is 0 Å². The van der Waals surface area contributed by atoms with E-state index in [-0.39, 0.29) is 12.1 Å². The number of halogens is 2. The van der Waals surface area contributed by atoms with E-state index in [0.29, 0.717) is 21.4 Å². The van der Waals surface area contributed by atoms with Crippen LogP contribution in [0.25, 0.3) is 0 Å². The average molecular weight is 428 g/mol. The molecule has 0 aliphatic carbocycles. The maximum atomic E-state index is 11.8. The number of anilines is 2. The molecule has 0 heterocycles. The zero-order valence-electron chi connectivity index (χ0n) is 13.1. The maximum absolute atomic E-state index is 11.8. The van der Waals surface area contributed by atoms with Crippen LogP contribution in [0, 0.1) is 0 Å². The molecule has 2 N–H and O–H groups in total. The monoisotopic (exact) mass is 426 g/mol. The molecule has 0 unspecified atom stereocenters. The fourth-order valence-electron chi connectivity index (χ4n) is 1.85. The number of hydrogen-bond donors (Lipinski definition) is 2. The minimum atomic E-state index is -0.348. The molecular formula is C17H16BrClN2O2S. The molecule has 2 rings (SSSR count). The van der Waals surface area contributed by atoms with Crippen LogP contribution >= 0.6 is 39.7 Å². The van der Waals surface area contributed by atoms with E-state index in [1.807, 2.05) is 26.0 Å². The van der Waals surface area contributed by atoms with Gasteiger partial charge in [-0.3, -0.25) is 0 Å². The summed E-state index contributed by atoms with van der Waals surface area (Å²) in [5.41, 5.74) is 1.94. The molecule has 24 heavy (non-hydrogen) atoms. The van der Waals surface area contributed by atoms with Crippen LogP contribution in [-0.2, 0) is 4.74 Å². The van der Waals surface area contributed by atoms with Crippen LogP contribution in [-0.4, -0.2) is 17.2 Å². The van der Waals surface area contributed by atoms with Crippen molar-refractivity contribution in [3.8, 4) is 0 Å². The zero-order valence-corrected chi connectivity index (χ0v) is 16.3. The molecule has 0 spiro atoms. The third kappa shape index (κ3) is 5.47. The number of hydrogen-bond acceptors (Lipinski definition) is 3. The van der Waals surface area contributed by atoms with Crippen molar-refractivity contribution in [2.45, 2.75) is 20.0 Å². The molecule has 0 aliphatic heterocycles. The average Bonchev–Trinajstić information content (AvgIpc) is 2.50. The smallest absolute Gasteiger partial charge is 0.338 e. The molecule has 0 radical (unpaired) electrons. The Morgan fingerprint density at radius 1 is 1.17 bits per heavy atom. The highest BCUT2D eigenvalue weighted by Crippen LogP contribution is 2.25. The molecule has 2 aromatic carbocycles. The summed E-state index contributed by atoms with van der Waals surface area (Å²) < 4.78 is 6.03. The summed E-state index contributed by atoms with van der Waals surface area (Å²) in [6, 6.07) is 12.4. The van der Waals surface area contributed by atoms with Crippen molar-refractivity contribution in [1.82, 2.24) is 0 Å². The zero-order chi connectivity index (χ0) is 17.7. The van der Waals surface area contributed by atoms with Gasteiger partial charge < -0.3 is 15.4 Å². The van der Waals surface area contributed by atoms with Crippen LogP contribution < -0.4 is 10.6 Å². The molecule has 0 saturated heterocycles. The first-order chi connectivity index (χ1) is 11.3. The number of rotatable bonds is 4. The van der Waals surface area contributed by atoms with Crippen LogP contribution in [0.1, 0.15) is 24.2 Å². The molecule has 0 aromatic heterocycles. The van der Waals surface area contributed by atoms with Gasteiger partial charge in [0.25, 0.3) is 0 Å². The van der Waals surface area contributed by atoms with Crippen molar-refractivity contribution in [3.05, 3.63) is 57.5 Å². The van der Waals surface area contributed by atoms with E-state index in [1.54, 1.807) is 30.3 Å². The normalized spacial score (nSPS) is 10.4. The van der Waals surface area contributed by atoms with E-state index in [4.69, 9.17) is 28.6 Å². The molecular weight excluding hydrogens is 412 g/mol. The Balaban J connectivity index is 1.98. The summed E-state index contributed by atoms with van der Waals surface area (Å²) in [6.07, 6.45) is -0.150. The molecule has 4 nitrogen and oxygen atoms in total. The number of ether oxygens (including phenoxy) is 1. The highest BCUT2D eigenvalue weighted by atomic mass is 79.9. The summed E-state index contributed by atoms with van der Waals surface area (Å²) in [7, 11) is 0. The van der Waals surface area contributed by atoms with Crippen molar-refractivity contribution in [1.29, 1.82) is 0 Å². The van der Waals surface area contributed by atoms with Crippen LogP contribution in [0.4, 0.5) is 11.4 Å². The first-order valence-corrected chi connectivity index (χ1v) is 8.77. The van der Waals surface area contributed by atoms with Gasteiger partial charge in [-0.05, 0) is 68.5 Å². The van der Waals surface area contributed by atoms with Crippen LogP contribution in [0.3, 0.4) is 0 Å². The van der Waals surface area contributed by atoms with E-state index in [9.17, 15) is 4.79 Å². The van der Waals surface area contributed by atoms with E-state index in [1.165, 1.54) is 0 Å². The van der Waals surface area contributed by atoms with E-state index < -0.39 is 0 Å². The fourth-order valence-corrected chi connectivity index (χ4v) is 2.80. The Morgan fingerprint density at radius 3 is 2.42 bits per heavy atom. The third-order valence-corrected chi connectivity index (χ3v) is 3.91. The number of thiocarbonyl (C=S) groups is 1. The summed E-state index contributed by atoms with van der Waals surface area (Å²) in [6.45, 7) is 3.62. The molecule has 7 heteroatoms. The highest BCUT2D eigenvalue weighted by Gasteiger charge is 2.09. The van der Waals surface area contributed by atoms with E-state index in [0.717, 1.165) is 10.2 Å². The van der Waals surface area contributed by atoms with Gasteiger partial charge in [-0.1, -0.05) is 27.5 Å². The predicted octanol–water partition coefficient (Wildman–Crippen LogP) is 5.48. The second-order valence-corrected chi connectivity index (χ2v) is 6.97. The van der Waals surface area contributed by atoms with Crippen LogP contribution in [0.5, 0.6) is 0 Å². The second kappa shape index (κ2) is 8.46. The first-order valence-electron chi connectivity index (χ1n) is 7.19. The van der Waals surface area contributed by atoms with Crippen LogP contribution in [0.15, 0.2) is 46.9 Å². The van der Waals surface area contributed by atoms with Gasteiger partial charge in [-0.15, -0.1) is 0 Å². The molecule has 0 aliphatic rings. The number of esters is 1. The SMILES string of the molecule is CC(C)OC(=O)c1ccc(NC(=S)Nc2ccc(Br)cc2Cl)cc1. The van der Waals surface area contributed by atoms with Gasteiger partial charge >= 0.3 is 5.97 Å². The fraction of sp³-hybridized carbons (Fsp3) is 0.176. The van der Waals surface area contributed by atoms with Gasteiger partial charge in [-0.25, -0.2) is 4.79 Å². The standard InChI is InChI=1S/C17H16BrClN2O2S/c1-10(2)23-16(22)11-3-6-13(7-4-11)20-17(24)21-15-8-5-12(18)9-14(15)19/h3-10H,1-2H3,(H2,20,21,24). The van der Waals surface area contributed by atoms with Crippen molar-refractivity contribution in [2.24, 2.45) is 0 Å². The highest BCUT2D eigenvalue weighted by molar-refractivity contribution is 9.10. The summed E-state index contributed by atoms with van der Waals surface area (Å²) in [5.74, 6) is -0.348. The van der Waals surface area contributed by atoms with Gasteiger partial charge in [0, 0.05) is 10.2 Å². The molecule has 0 bridgehead atoms. The van der Waals surface area contributed by atoms with Gasteiger partial charge in [0.15, 0.2) is 5.11 Å². The lowest BCUT2D eigenvalue weighted by Crippen LogP contribution is -2.19. The Labute approximate surface area is 159 Å². The third-order valence-electron chi connectivity index (χ3n) is 2.90. The Kier molecular flexibility index (Phi) is 6.60. The van der Waals surface area contributed by atoms with Gasteiger partial charge in [0.2, 0.25) is 0 Å². The minimum absolute atomic E-state index is 0.150. The summed E-state index contributed by atoms with van der Waals surface area (Å²) in [5, 5.41) is 7.02. The largest absolute Gasteiger partial charge is 0.459 e. The summed E-state index contributed by atoms with van der Waals surface area (Å²) in [4.78, 5) is 11.8. The van der Waals surface area contributed by atoms with Crippen molar-refractivity contribution in [2.75, 3.05) is 10.6 Å². The summed E-state index contributed by atoms with van der Waals surface area (Å²) >= 11 is 14.8. The molecule has 2 aromatic rings. The van der Waals surface area contributed by atoms with E-state index in [2.05, 4.69) is 26.6 Å². The Hall–Kier alpha value is -1.63. The van der Waals surface area contributed by atoms with Crippen molar-refractivity contribution >= 4 is 62.2 Å². The predicted molar refractivity (Wildman–Crippen MR) is 106 cm³/mol. The number of nitrogens with one attached hydrogen (secondary N) is 2. The quantitative estimate of drug-likeness (QED) is 0.500. The molecule has 0 amide bonds. The Morgan fingerprint density at radius 2 is 1.83 bits per heavy atom. The maximum Gasteiger partial charge on any atom is 0.338 e. The number of carbonyl (C=O) groups is 1. The molecule has 0 fully saturated rings. The Bertz CT molecular complexity index is 751. The lowest BCUT2D eigenvalue weighted by atomic mass is 10.2. The number of benzene rings is 2.